The Bertz CT molecular complexity index is 1080. The fraction of sp³-hybridized carbons (Fsp3) is 0.182. The number of nitrogens with zero attached hydrogens (tertiary/aromatic N) is 2. The van der Waals surface area contributed by atoms with Gasteiger partial charge in [0.1, 0.15) is 11.1 Å². The van der Waals surface area contributed by atoms with Gasteiger partial charge < -0.3 is 18.9 Å². The lowest BCUT2D eigenvalue weighted by atomic mass is 10.1. The summed E-state index contributed by atoms with van der Waals surface area (Å²) in [6.45, 7) is 0. The van der Waals surface area contributed by atoms with E-state index in [0.717, 1.165) is 16.8 Å². The molecule has 3 aromatic rings. The fourth-order valence-electron chi connectivity index (χ4n) is 2.85. The highest BCUT2D eigenvalue weighted by Crippen LogP contribution is 2.36. The summed E-state index contributed by atoms with van der Waals surface area (Å²) >= 11 is 1.40. The van der Waals surface area contributed by atoms with E-state index in [1.807, 2.05) is 35.7 Å². The van der Waals surface area contributed by atoms with Crippen molar-refractivity contribution in [2.75, 3.05) is 28.4 Å². The molecule has 0 saturated heterocycles. The first-order valence-electron chi connectivity index (χ1n) is 8.66. The van der Waals surface area contributed by atoms with Crippen molar-refractivity contribution < 1.29 is 18.9 Å². The van der Waals surface area contributed by atoms with E-state index in [2.05, 4.69) is 11.1 Å². The Morgan fingerprint density at radius 1 is 0.966 bits per heavy atom. The molecule has 0 unspecified atom stereocenters. The van der Waals surface area contributed by atoms with E-state index in [1.54, 1.807) is 40.6 Å². The zero-order valence-electron chi connectivity index (χ0n) is 16.6. The number of para-hydroxylation sites is 1. The molecule has 0 spiro atoms. The minimum Gasteiger partial charge on any atom is -0.493 e. The third-order valence-electron chi connectivity index (χ3n) is 4.27. The van der Waals surface area contributed by atoms with E-state index in [1.165, 1.54) is 11.3 Å². The Hall–Kier alpha value is -3.50. The van der Waals surface area contributed by atoms with Crippen molar-refractivity contribution in [2.45, 2.75) is 0 Å². The minimum absolute atomic E-state index is 0.438. The van der Waals surface area contributed by atoms with E-state index < -0.39 is 0 Å². The first kappa shape index (κ1) is 20.2. The summed E-state index contributed by atoms with van der Waals surface area (Å²) in [5.41, 5.74) is 2.81. The van der Waals surface area contributed by atoms with E-state index in [9.17, 15) is 5.26 Å². The smallest absolute Gasteiger partial charge is 0.167 e. The molecule has 0 saturated carbocycles. The van der Waals surface area contributed by atoms with Crippen LogP contribution in [0.1, 0.15) is 10.6 Å². The number of hydrogen-bond acceptors (Lipinski definition) is 7. The number of allylic oxidation sites excluding steroid dienone is 1. The molecule has 0 amide bonds. The van der Waals surface area contributed by atoms with E-state index in [4.69, 9.17) is 18.9 Å². The number of nitriles is 1. The summed E-state index contributed by atoms with van der Waals surface area (Å²) in [6, 6.07) is 13.3. The summed E-state index contributed by atoms with van der Waals surface area (Å²) in [7, 11) is 6.33. The van der Waals surface area contributed by atoms with Crippen LogP contribution in [0.5, 0.6) is 23.0 Å². The van der Waals surface area contributed by atoms with Gasteiger partial charge in [0.2, 0.25) is 0 Å². The third-order valence-corrected chi connectivity index (χ3v) is 5.14. The van der Waals surface area contributed by atoms with Gasteiger partial charge in [-0.05, 0) is 30.3 Å². The molecule has 6 nitrogen and oxygen atoms in total. The van der Waals surface area contributed by atoms with Gasteiger partial charge >= 0.3 is 0 Å². The van der Waals surface area contributed by atoms with Gasteiger partial charge in [-0.3, -0.25) is 0 Å². The maximum Gasteiger partial charge on any atom is 0.167 e. The summed E-state index contributed by atoms with van der Waals surface area (Å²) in [6.07, 6.45) is 1.75. The van der Waals surface area contributed by atoms with Crippen LogP contribution < -0.4 is 18.9 Å². The molecule has 0 N–H and O–H groups in total. The number of thiazole rings is 1. The molecule has 0 radical (unpaired) electrons. The molecule has 2 aromatic carbocycles. The largest absolute Gasteiger partial charge is 0.493 e. The highest BCUT2D eigenvalue weighted by atomic mass is 32.1. The van der Waals surface area contributed by atoms with Crippen LogP contribution in [0.2, 0.25) is 0 Å². The Morgan fingerprint density at radius 3 is 2.38 bits per heavy atom. The maximum atomic E-state index is 9.70. The maximum absolute atomic E-state index is 9.70. The predicted molar refractivity (Wildman–Crippen MR) is 114 cm³/mol. The van der Waals surface area contributed by atoms with Crippen LogP contribution >= 0.6 is 11.3 Å². The number of methoxy groups -OCH3 is 4. The van der Waals surface area contributed by atoms with Gasteiger partial charge in [-0.15, -0.1) is 11.3 Å². The molecule has 148 valence electrons. The molecule has 7 heteroatoms. The van der Waals surface area contributed by atoms with Crippen LogP contribution in [0.4, 0.5) is 0 Å². The molecule has 0 aliphatic heterocycles. The van der Waals surface area contributed by atoms with Crippen molar-refractivity contribution in [1.29, 1.82) is 5.26 Å². The molecule has 0 aliphatic rings. The zero-order chi connectivity index (χ0) is 20.8. The number of hydrogen-bond donors (Lipinski definition) is 0. The van der Waals surface area contributed by atoms with Crippen LogP contribution in [0.25, 0.3) is 22.9 Å². The van der Waals surface area contributed by atoms with E-state index in [-0.39, 0.29) is 0 Å². The second kappa shape index (κ2) is 9.13. The first-order chi connectivity index (χ1) is 14.1. The van der Waals surface area contributed by atoms with E-state index in [0.29, 0.717) is 33.6 Å². The monoisotopic (exact) mass is 408 g/mol. The van der Waals surface area contributed by atoms with Gasteiger partial charge in [0.05, 0.1) is 39.7 Å². The lowest BCUT2D eigenvalue weighted by Crippen LogP contribution is -1.93. The summed E-state index contributed by atoms with van der Waals surface area (Å²) in [4.78, 5) is 4.64. The highest BCUT2D eigenvalue weighted by molar-refractivity contribution is 7.11. The van der Waals surface area contributed by atoms with Crippen molar-refractivity contribution in [3.63, 3.8) is 0 Å². The Morgan fingerprint density at radius 2 is 1.72 bits per heavy atom. The quantitative estimate of drug-likeness (QED) is 0.517. The van der Waals surface area contributed by atoms with Crippen molar-refractivity contribution in [3.8, 4) is 40.3 Å². The summed E-state index contributed by atoms with van der Waals surface area (Å²) < 4.78 is 21.4. The van der Waals surface area contributed by atoms with Gasteiger partial charge in [-0.2, -0.15) is 5.26 Å². The zero-order valence-corrected chi connectivity index (χ0v) is 17.4. The highest BCUT2D eigenvalue weighted by Gasteiger charge is 2.14. The van der Waals surface area contributed by atoms with Crippen LogP contribution in [0, 0.1) is 11.3 Å². The topological polar surface area (TPSA) is 73.6 Å². The number of ether oxygens (including phenoxy) is 4. The van der Waals surface area contributed by atoms with Crippen LogP contribution in [0.3, 0.4) is 0 Å². The molecule has 3 rings (SSSR count). The molecule has 1 aromatic heterocycles. The Labute approximate surface area is 173 Å². The molecule has 0 bridgehead atoms. The molecule has 29 heavy (non-hydrogen) atoms. The van der Waals surface area contributed by atoms with Gasteiger partial charge in [0, 0.05) is 16.5 Å². The van der Waals surface area contributed by atoms with Gasteiger partial charge in [-0.25, -0.2) is 4.98 Å². The van der Waals surface area contributed by atoms with Crippen LogP contribution in [-0.2, 0) is 0 Å². The van der Waals surface area contributed by atoms with Crippen molar-refractivity contribution >= 4 is 23.0 Å². The van der Waals surface area contributed by atoms with Crippen molar-refractivity contribution in [1.82, 2.24) is 4.98 Å². The molecule has 0 atom stereocenters. The second-order valence-corrected chi connectivity index (χ2v) is 6.72. The van der Waals surface area contributed by atoms with Gasteiger partial charge in [0.15, 0.2) is 23.0 Å². The molecule has 1 heterocycles. The van der Waals surface area contributed by atoms with E-state index >= 15 is 0 Å². The molecular formula is C22H20N2O4S. The number of aromatic nitrogens is 1. The van der Waals surface area contributed by atoms with Crippen molar-refractivity contribution in [2.24, 2.45) is 0 Å². The average molecular weight is 408 g/mol. The summed E-state index contributed by atoms with van der Waals surface area (Å²) in [5, 5.41) is 12.2. The molecule has 0 fully saturated rings. The SMILES string of the molecule is COc1ccc(-c2csc(/C(C#N)=C\c3cccc(OC)c3OC)n2)cc1OC. The molecule has 0 aliphatic carbocycles. The second-order valence-electron chi connectivity index (χ2n) is 5.86. The van der Waals surface area contributed by atoms with Gasteiger partial charge in [0.25, 0.3) is 0 Å². The average Bonchev–Trinajstić information content (AvgIpc) is 3.26. The van der Waals surface area contributed by atoms with Crippen molar-refractivity contribution in [3.05, 3.63) is 52.3 Å². The minimum atomic E-state index is 0.438. The normalized spacial score (nSPS) is 10.9. The summed E-state index contributed by atoms with van der Waals surface area (Å²) in [5.74, 6) is 2.44. The lowest BCUT2D eigenvalue weighted by molar-refractivity contribution is 0.354. The van der Waals surface area contributed by atoms with Crippen LogP contribution in [0.15, 0.2) is 41.8 Å². The first-order valence-corrected chi connectivity index (χ1v) is 9.54. The Balaban J connectivity index is 1.99. The fourth-order valence-corrected chi connectivity index (χ4v) is 3.64. The molecular weight excluding hydrogens is 388 g/mol. The van der Waals surface area contributed by atoms with Gasteiger partial charge in [-0.1, -0.05) is 12.1 Å². The lowest BCUT2D eigenvalue weighted by Gasteiger charge is -2.10. The number of rotatable bonds is 7. The standard InChI is InChI=1S/C22H20N2O4S/c1-25-18-9-8-14(11-20(18)27-3)17-13-29-22(24-17)16(12-23)10-15-6-5-7-19(26-2)21(15)28-4/h5-11,13H,1-4H3/b16-10-. The number of benzene rings is 2. The predicted octanol–water partition coefficient (Wildman–Crippen LogP) is 4.91. The Kier molecular flexibility index (Phi) is 6.37. The third kappa shape index (κ3) is 4.18. The van der Waals surface area contributed by atoms with Crippen LogP contribution in [-0.4, -0.2) is 33.4 Å².